The molecule has 3 fully saturated rings. The second kappa shape index (κ2) is 5.40. The molecule has 5 atom stereocenters. The zero-order valence-electron chi connectivity index (χ0n) is 13.1. The highest BCUT2D eigenvalue weighted by Crippen LogP contribution is 2.41. The zero-order chi connectivity index (χ0) is 16.1. The minimum absolute atomic E-state index is 0.341. The van der Waals surface area contributed by atoms with Gasteiger partial charge in [0, 0.05) is 0 Å². The van der Waals surface area contributed by atoms with Crippen molar-refractivity contribution in [2.24, 2.45) is 0 Å². The average Bonchev–Trinajstić information content (AvgIpc) is 2.96. The largest absolute Gasteiger partial charge is 0.480 e. The Morgan fingerprint density at radius 3 is 2.45 bits per heavy atom. The van der Waals surface area contributed by atoms with Crippen molar-refractivity contribution in [3.8, 4) is 0 Å². The summed E-state index contributed by atoms with van der Waals surface area (Å²) in [6, 6.07) is 0. The van der Waals surface area contributed by atoms with Gasteiger partial charge in [0.05, 0.1) is 6.61 Å². The molecule has 8 heteroatoms. The van der Waals surface area contributed by atoms with E-state index in [2.05, 4.69) is 0 Å². The third-order valence-electron chi connectivity index (χ3n) is 3.82. The van der Waals surface area contributed by atoms with Crippen molar-refractivity contribution in [2.75, 3.05) is 13.2 Å². The molecule has 0 aliphatic carbocycles. The Hall–Kier alpha value is -0.770. The van der Waals surface area contributed by atoms with Crippen LogP contribution in [0, 0.1) is 0 Å². The molecule has 3 aliphatic heterocycles. The molecule has 3 aliphatic rings. The van der Waals surface area contributed by atoms with Crippen LogP contribution < -0.4 is 0 Å². The summed E-state index contributed by atoms with van der Waals surface area (Å²) in [5, 5.41) is 8.86. The van der Waals surface area contributed by atoms with Crippen LogP contribution in [0.1, 0.15) is 27.7 Å². The number of fused-ring (bicyclic) bond motifs is 1. The number of carboxylic acid groups (broad SMARTS) is 1. The summed E-state index contributed by atoms with van der Waals surface area (Å²) in [6.07, 6.45) is -2.56. The fourth-order valence-electron chi connectivity index (χ4n) is 3.04. The summed E-state index contributed by atoms with van der Waals surface area (Å²) < 4.78 is 34.2. The summed E-state index contributed by atoms with van der Waals surface area (Å²) in [5.41, 5.74) is 0. The Morgan fingerprint density at radius 1 is 1.14 bits per heavy atom. The summed E-state index contributed by atoms with van der Waals surface area (Å²) >= 11 is 0. The van der Waals surface area contributed by atoms with Crippen LogP contribution in [0.4, 0.5) is 0 Å². The number of hydrogen-bond donors (Lipinski definition) is 1. The molecule has 0 bridgehead atoms. The van der Waals surface area contributed by atoms with Crippen LogP contribution in [0.15, 0.2) is 0 Å². The lowest BCUT2D eigenvalue weighted by Gasteiger charge is -2.28. The van der Waals surface area contributed by atoms with E-state index in [0.717, 1.165) is 0 Å². The quantitative estimate of drug-likeness (QED) is 0.800. The fourth-order valence-corrected chi connectivity index (χ4v) is 3.04. The standard InChI is InChI=1S/C14H22O8/c1-13(2)18-5-7(20-13)9-10(17-6-8(15)16)11-12(19-9)22-14(3,4)21-11/h7,9-12H,5-6H2,1-4H3,(H,15,16). The second-order valence-corrected chi connectivity index (χ2v) is 6.61. The smallest absolute Gasteiger partial charge is 0.329 e. The van der Waals surface area contributed by atoms with Crippen LogP contribution in [0.5, 0.6) is 0 Å². The van der Waals surface area contributed by atoms with Crippen LogP contribution >= 0.6 is 0 Å². The maximum Gasteiger partial charge on any atom is 0.329 e. The van der Waals surface area contributed by atoms with E-state index in [-0.39, 0.29) is 6.10 Å². The lowest BCUT2D eigenvalue weighted by Crippen LogP contribution is -2.44. The first kappa shape index (κ1) is 16.1. The average molecular weight is 318 g/mol. The first-order valence-corrected chi connectivity index (χ1v) is 7.33. The molecule has 1 N–H and O–H groups in total. The summed E-state index contributed by atoms with van der Waals surface area (Å²) in [7, 11) is 0. The molecule has 8 nitrogen and oxygen atoms in total. The van der Waals surface area contributed by atoms with E-state index in [1.54, 1.807) is 13.8 Å². The molecule has 0 amide bonds. The lowest BCUT2D eigenvalue weighted by atomic mass is 10.1. The van der Waals surface area contributed by atoms with Gasteiger partial charge in [-0.25, -0.2) is 4.79 Å². The van der Waals surface area contributed by atoms with E-state index < -0.39 is 48.8 Å². The number of rotatable bonds is 4. The van der Waals surface area contributed by atoms with Crippen molar-refractivity contribution < 1.29 is 38.3 Å². The van der Waals surface area contributed by atoms with Gasteiger partial charge < -0.3 is 33.5 Å². The van der Waals surface area contributed by atoms with Crippen molar-refractivity contribution in [3.05, 3.63) is 0 Å². The normalized spacial score (nSPS) is 42.5. The highest BCUT2D eigenvalue weighted by molar-refractivity contribution is 5.68. The molecule has 3 heterocycles. The number of carboxylic acids is 1. The molecule has 5 unspecified atom stereocenters. The van der Waals surface area contributed by atoms with E-state index in [1.165, 1.54) is 0 Å². The Kier molecular flexibility index (Phi) is 3.95. The third kappa shape index (κ3) is 3.12. The Morgan fingerprint density at radius 2 is 1.86 bits per heavy atom. The first-order chi connectivity index (χ1) is 10.2. The van der Waals surface area contributed by atoms with E-state index in [1.807, 2.05) is 13.8 Å². The van der Waals surface area contributed by atoms with Gasteiger partial charge in [-0.2, -0.15) is 0 Å². The second-order valence-electron chi connectivity index (χ2n) is 6.61. The molecule has 0 aromatic heterocycles. The van der Waals surface area contributed by atoms with Gasteiger partial charge in [-0.1, -0.05) is 0 Å². The van der Waals surface area contributed by atoms with E-state index >= 15 is 0 Å². The van der Waals surface area contributed by atoms with Gasteiger partial charge >= 0.3 is 5.97 Å². The Balaban J connectivity index is 1.73. The van der Waals surface area contributed by atoms with Crippen molar-refractivity contribution in [1.29, 1.82) is 0 Å². The minimum Gasteiger partial charge on any atom is -0.480 e. The zero-order valence-corrected chi connectivity index (χ0v) is 13.1. The molecule has 126 valence electrons. The van der Waals surface area contributed by atoms with Crippen LogP contribution in [0.25, 0.3) is 0 Å². The molecule has 22 heavy (non-hydrogen) atoms. The van der Waals surface area contributed by atoms with Crippen LogP contribution in [-0.4, -0.2) is 66.6 Å². The van der Waals surface area contributed by atoms with Gasteiger partial charge in [0.25, 0.3) is 0 Å². The molecule has 0 aromatic rings. The number of carbonyl (C=O) groups is 1. The highest BCUT2D eigenvalue weighted by Gasteiger charge is 2.59. The molecule has 3 rings (SSSR count). The summed E-state index contributed by atoms with van der Waals surface area (Å²) in [5.74, 6) is -2.55. The minimum atomic E-state index is -1.05. The van der Waals surface area contributed by atoms with Gasteiger partial charge in [-0.05, 0) is 27.7 Å². The van der Waals surface area contributed by atoms with Crippen molar-refractivity contribution in [2.45, 2.75) is 70.0 Å². The molecule has 3 saturated heterocycles. The van der Waals surface area contributed by atoms with Crippen LogP contribution in [0.3, 0.4) is 0 Å². The summed E-state index contributed by atoms with van der Waals surface area (Å²) in [6.45, 7) is 7.08. The van der Waals surface area contributed by atoms with Gasteiger partial charge in [-0.3, -0.25) is 0 Å². The predicted molar refractivity (Wildman–Crippen MR) is 71.0 cm³/mol. The van der Waals surface area contributed by atoms with E-state index in [0.29, 0.717) is 6.61 Å². The Labute approximate surface area is 128 Å². The molecular formula is C14H22O8. The van der Waals surface area contributed by atoms with Crippen LogP contribution in [-0.2, 0) is 33.2 Å². The molecule has 0 saturated carbocycles. The lowest BCUT2D eigenvalue weighted by molar-refractivity contribution is -0.236. The van der Waals surface area contributed by atoms with Gasteiger partial charge in [-0.15, -0.1) is 0 Å². The summed E-state index contributed by atoms with van der Waals surface area (Å²) in [4.78, 5) is 10.8. The number of ether oxygens (including phenoxy) is 6. The maximum absolute atomic E-state index is 10.8. The molecule has 0 spiro atoms. The van der Waals surface area contributed by atoms with Crippen molar-refractivity contribution >= 4 is 5.97 Å². The van der Waals surface area contributed by atoms with E-state index in [4.69, 9.17) is 33.5 Å². The van der Waals surface area contributed by atoms with E-state index in [9.17, 15) is 4.79 Å². The number of hydrogen-bond acceptors (Lipinski definition) is 7. The van der Waals surface area contributed by atoms with Gasteiger partial charge in [0.15, 0.2) is 17.9 Å². The SMILES string of the molecule is CC1(C)OCC(C2OC3OC(C)(C)OC3C2OCC(=O)O)O1. The number of aliphatic carboxylic acids is 1. The fraction of sp³-hybridized carbons (Fsp3) is 0.929. The first-order valence-electron chi connectivity index (χ1n) is 7.33. The Bertz CT molecular complexity index is 448. The molecular weight excluding hydrogens is 296 g/mol. The van der Waals surface area contributed by atoms with Crippen LogP contribution in [0.2, 0.25) is 0 Å². The molecule has 0 aromatic carbocycles. The highest BCUT2D eigenvalue weighted by atomic mass is 16.8. The predicted octanol–water partition coefficient (Wildman–Crippen LogP) is 0.484. The molecule has 0 radical (unpaired) electrons. The monoisotopic (exact) mass is 318 g/mol. The van der Waals surface area contributed by atoms with Crippen molar-refractivity contribution in [3.63, 3.8) is 0 Å². The van der Waals surface area contributed by atoms with Crippen molar-refractivity contribution in [1.82, 2.24) is 0 Å². The van der Waals surface area contributed by atoms with Gasteiger partial charge in [0.2, 0.25) is 0 Å². The third-order valence-corrected chi connectivity index (χ3v) is 3.82. The maximum atomic E-state index is 10.8. The van der Waals surface area contributed by atoms with Gasteiger partial charge in [0.1, 0.15) is 31.0 Å². The topological polar surface area (TPSA) is 92.7 Å².